The molecule has 102 valence electrons. The Hall–Kier alpha value is -2.29. The molecule has 0 spiro atoms. The van der Waals surface area contributed by atoms with Crippen LogP contribution in [0, 0.1) is 5.92 Å². The summed E-state index contributed by atoms with van der Waals surface area (Å²) in [7, 11) is 0. The summed E-state index contributed by atoms with van der Waals surface area (Å²) >= 11 is 0. The number of carbonyl (C=O) groups is 1. The van der Waals surface area contributed by atoms with E-state index < -0.39 is 0 Å². The Labute approximate surface area is 118 Å². The van der Waals surface area contributed by atoms with Gasteiger partial charge in [0.2, 0.25) is 0 Å². The first-order valence-corrected chi connectivity index (χ1v) is 6.84. The number of amides is 1. The first-order valence-electron chi connectivity index (χ1n) is 6.84. The molecule has 1 amide bonds. The number of rotatable bonds is 1. The summed E-state index contributed by atoms with van der Waals surface area (Å²) in [6.45, 7) is 2.89. The molecule has 0 aromatic heterocycles. The second-order valence-electron chi connectivity index (χ2n) is 5.40. The number of carbonyl (C=O) groups excluding carboxylic acids is 1. The third kappa shape index (κ3) is 2.27. The molecule has 2 aromatic carbocycles. The molecule has 1 atom stereocenters. The lowest BCUT2D eigenvalue weighted by Crippen LogP contribution is -2.39. The zero-order chi connectivity index (χ0) is 14.1. The number of phenols is 1. The predicted molar refractivity (Wildman–Crippen MR) is 79.1 cm³/mol. The van der Waals surface area contributed by atoms with Gasteiger partial charge in [-0.15, -0.1) is 0 Å². The van der Waals surface area contributed by atoms with Crippen molar-refractivity contribution in [3.63, 3.8) is 0 Å². The Kier molecular flexibility index (Phi) is 3.18. The number of hydrogen-bond donors (Lipinski definition) is 1. The third-order valence-corrected chi connectivity index (χ3v) is 3.70. The third-order valence-electron chi connectivity index (χ3n) is 3.70. The molecule has 3 rings (SSSR count). The summed E-state index contributed by atoms with van der Waals surface area (Å²) in [5.74, 6) is 0.615. The molecule has 1 heterocycles. The van der Waals surface area contributed by atoms with Crippen LogP contribution in [0.1, 0.15) is 22.8 Å². The van der Waals surface area contributed by atoms with Crippen LogP contribution in [0.15, 0.2) is 48.5 Å². The maximum Gasteiger partial charge on any atom is 0.258 e. The predicted octanol–water partition coefficient (Wildman–Crippen LogP) is 3.23. The fourth-order valence-electron chi connectivity index (χ4n) is 2.75. The fraction of sp³-hybridized carbons (Fsp3) is 0.235. The Morgan fingerprint density at radius 3 is 2.60 bits per heavy atom. The molecule has 0 fully saturated rings. The van der Waals surface area contributed by atoms with E-state index in [2.05, 4.69) is 13.0 Å². The van der Waals surface area contributed by atoms with Gasteiger partial charge in [-0.1, -0.05) is 25.1 Å². The highest BCUT2D eigenvalue weighted by Gasteiger charge is 2.26. The van der Waals surface area contributed by atoms with E-state index >= 15 is 0 Å². The van der Waals surface area contributed by atoms with E-state index in [0.29, 0.717) is 11.5 Å². The molecule has 1 N–H and O–H groups in total. The van der Waals surface area contributed by atoms with Gasteiger partial charge in [0.1, 0.15) is 5.75 Å². The van der Waals surface area contributed by atoms with Crippen molar-refractivity contribution >= 4 is 11.6 Å². The van der Waals surface area contributed by atoms with Crippen LogP contribution < -0.4 is 4.90 Å². The van der Waals surface area contributed by atoms with Crippen LogP contribution in [0.5, 0.6) is 5.75 Å². The zero-order valence-corrected chi connectivity index (χ0v) is 11.4. The van der Waals surface area contributed by atoms with Crippen LogP contribution >= 0.6 is 0 Å². The zero-order valence-electron chi connectivity index (χ0n) is 11.4. The lowest BCUT2D eigenvalue weighted by Gasteiger charge is -2.33. The van der Waals surface area contributed by atoms with Gasteiger partial charge in [0.15, 0.2) is 0 Å². The van der Waals surface area contributed by atoms with Crippen molar-refractivity contribution in [3.8, 4) is 5.75 Å². The van der Waals surface area contributed by atoms with Gasteiger partial charge in [0, 0.05) is 17.8 Å². The summed E-state index contributed by atoms with van der Waals surface area (Å²) < 4.78 is 0. The second kappa shape index (κ2) is 5.00. The number of aromatic hydroxyl groups is 1. The summed E-state index contributed by atoms with van der Waals surface area (Å²) in [6, 6.07) is 14.5. The number of hydrogen-bond acceptors (Lipinski definition) is 2. The lowest BCUT2D eigenvalue weighted by atomic mass is 9.93. The molecule has 0 radical (unpaired) electrons. The maximum atomic E-state index is 12.7. The number of para-hydroxylation sites is 1. The molecule has 3 heteroatoms. The van der Waals surface area contributed by atoms with Gasteiger partial charge < -0.3 is 10.0 Å². The highest BCUT2D eigenvalue weighted by molar-refractivity contribution is 6.06. The van der Waals surface area contributed by atoms with Crippen molar-refractivity contribution in [2.24, 2.45) is 5.92 Å². The van der Waals surface area contributed by atoms with E-state index in [1.807, 2.05) is 23.1 Å². The van der Waals surface area contributed by atoms with Gasteiger partial charge >= 0.3 is 0 Å². The van der Waals surface area contributed by atoms with Crippen molar-refractivity contribution in [1.29, 1.82) is 0 Å². The Balaban J connectivity index is 1.97. The quantitative estimate of drug-likeness (QED) is 0.861. The van der Waals surface area contributed by atoms with Gasteiger partial charge in [-0.2, -0.15) is 0 Å². The van der Waals surface area contributed by atoms with Crippen LogP contribution in [0.2, 0.25) is 0 Å². The van der Waals surface area contributed by atoms with Crippen LogP contribution in [0.4, 0.5) is 5.69 Å². The van der Waals surface area contributed by atoms with Crippen molar-refractivity contribution in [2.45, 2.75) is 13.3 Å². The largest absolute Gasteiger partial charge is 0.508 e. The minimum absolute atomic E-state index is 0.0102. The number of anilines is 1. The van der Waals surface area contributed by atoms with E-state index in [1.165, 1.54) is 5.56 Å². The Bertz CT molecular complexity index is 634. The van der Waals surface area contributed by atoms with Crippen LogP contribution in [0.3, 0.4) is 0 Å². The number of phenolic OH excluding ortho intramolecular Hbond substituents is 1. The van der Waals surface area contributed by atoms with Gasteiger partial charge in [0.05, 0.1) is 0 Å². The Morgan fingerprint density at radius 1 is 1.15 bits per heavy atom. The summed E-state index contributed by atoms with van der Waals surface area (Å²) in [4.78, 5) is 14.5. The minimum atomic E-state index is -0.0102. The molecule has 0 aliphatic carbocycles. The SMILES string of the molecule is CC1Cc2ccccc2N(C(=O)c2ccc(O)cc2)C1. The van der Waals surface area contributed by atoms with Crippen LogP contribution in [-0.2, 0) is 6.42 Å². The fourth-order valence-corrected chi connectivity index (χ4v) is 2.75. The lowest BCUT2D eigenvalue weighted by molar-refractivity contribution is 0.0981. The van der Waals surface area contributed by atoms with Gasteiger partial charge in [-0.25, -0.2) is 0 Å². The topological polar surface area (TPSA) is 40.5 Å². The van der Waals surface area contributed by atoms with E-state index in [1.54, 1.807) is 24.3 Å². The molecule has 0 saturated carbocycles. The first-order chi connectivity index (χ1) is 9.65. The highest BCUT2D eigenvalue weighted by Crippen LogP contribution is 2.30. The number of benzene rings is 2. The van der Waals surface area contributed by atoms with Gasteiger partial charge in [-0.05, 0) is 48.2 Å². The molecule has 1 aliphatic rings. The standard InChI is InChI=1S/C17H17NO2/c1-12-10-14-4-2-3-5-16(14)18(11-12)17(20)13-6-8-15(19)9-7-13/h2-9,12,19H,10-11H2,1H3. The molecule has 0 bridgehead atoms. The molecule has 0 saturated heterocycles. The van der Waals surface area contributed by atoms with Gasteiger partial charge in [0.25, 0.3) is 5.91 Å². The van der Waals surface area contributed by atoms with Crippen molar-refractivity contribution in [1.82, 2.24) is 0 Å². The molecule has 3 nitrogen and oxygen atoms in total. The molecular weight excluding hydrogens is 250 g/mol. The smallest absolute Gasteiger partial charge is 0.258 e. The monoisotopic (exact) mass is 267 g/mol. The summed E-state index contributed by atoms with van der Waals surface area (Å²) in [5, 5.41) is 9.32. The number of fused-ring (bicyclic) bond motifs is 1. The average Bonchev–Trinajstić information content (AvgIpc) is 2.46. The first kappa shape index (κ1) is 12.7. The molecule has 1 aliphatic heterocycles. The van der Waals surface area contributed by atoms with Crippen LogP contribution in [0.25, 0.3) is 0 Å². The molecule has 2 aromatic rings. The van der Waals surface area contributed by atoms with Crippen molar-refractivity contribution in [2.75, 3.05) is 11.4 Å². The van der Waals surface area contributed by atoms with E-state index in [9.17, 15) is 9.90 Å². The van der Waals surface area contributed by atoms with Crippen molar-refractivity contribution in [3.05, 3.63) is 59.7 Å². The van der Waals surface area contributed by atoms with Crippen LogP contribution in [-0.4, -0.2) is 17.6 Å². The molecule has 20 heavy (non-hydrogen) atoms. The maximum absolute atomic E-state index is 12.7. The summed E-state index contributed by atoms with van der Waals surface area (Å²) in [5.41, 5.74) is 2.83. The average molecular weight is 267 g/mol. The van der Waals surface area contributed by atoms with E-state index in [4.69, 9.17) is 0 Å². The minimum Gasteiger partial charge on any atom is -0.508 e. The molecular formula is C17H17NO2. The summed E-state index contributed by atoms with van der Waals surface area (Å²) in [6.07, 6.45) is 1.01. The van der Waals surface area contributed by atoms with Gasteiger partial charge in [-0.3, -0.25) is 4.79 Å². The van der Waals surface area contributed by atoms with E-state index in [0.717, 1.165) is 18.7 Å². The van der Waals surface area contributed by atoms with Crippen molar-refractivity contribution < 1.29 is 9.90 Å². The Morgan fingerprint density at radius 2 is 1.85 bits per heavy atom. The highest BCUT2D eigenvalue weighted by atomic mass is 16.3. The second-order valence-corrected chi connectivity index (χ2v) is 5.40. The normalized spacial score (nSPS) is 17.6. The molecule has 1 unspecified atom stereocenters. The number of nitrogens with zero attached hydrogens (tertiary/aromatic N) is 1. The van der Waals surface area contributed by atoms with E-state index in [-0.39, 0.29) is 11.7 Å².